The molecule has 0 radical (unpaired) electrons. The Morgan fingerprint density at radius 2 is 1.59 bits per heavy atom. The molecule has 7 nitrogen and oxygen atoms in total. The molecule has 0 spiro atoms. The van der Waals surface area contributed by atoms with Crippen LogP contribution in [-0.4, -0.2) is 30.5 Å². The maximum atomic E-state index is 15.4. The number of benzene rings is 2. The Labute approximate surface area is 213 Å². The van der Waals surface area contributed by atoms with Gasteiger partial charge >= 0.3 is 12.5 Å². The maximum absolute atomic E-state index is 15.4. The quantitative estimate of drug-likeness (QED) is 0.411. The number of amides is 1. The van der Waals surface area contributed by atoms with Crippen LogP contribution >= 0.6 is 0 Å². The van der Waals surface area contributed by atoms with E-state index in [-0.39, 0.29) is 30.0 Å². The van der Waals surface area contributed by atoms with Crippen LogP contribution in [0.25, 0.3) is 0 Å². The van der Waals surface area contributed by atoms with Gasteiger partial charge in [-0.15, -0.1) is 13.2 Å². The van der Waals surface area contributed by atoms with Crippen LogP contribution in [0.5, 0.6) is 5.75 Å². The molecule has 15 heteroatoms. The van der Waals surface area contributed by atoms with Gasteiger partial charge < -0.3 is 19.9 Å². The zero-order valence-corrected chi connectivity index (χ0v) is 19.4. The average molecular weight is 560 g/mol. The number of aromatic nitrogens is 1. The lowest BCUT2D eigenvalue weighted by molar-refractivity contribution is -0.275. The predicted molar refractivity (Wildman–Crippen MR) is 121 cm³/mol. The van der Waals surface area contributed by atoms with E-state index in [4.69, 9.17) is 0 Å². The third-order valence-corrected chi connectivity index (χ3v) is 6.26. The molecule has 0 fully saturated rings. The zero-order valence-electron chi connectivity index (χ0n) is 19.4. The van der Waals surface area contributed by atoms with Crippen LogP contribution in [0.1, 0.15) is 27.2 Å². The molecule has 2 aliphatic heterocycles. The molecule has 1 amide bonds. The molecular formula is C24H16F8N4O3. The highest BCUT2D eigenvalue weighted by Crippen LogP contribution is 2.44. The molecule has 0 aliphatic carbocycles. The fourth-order valence-electron chi connectivity index (χ4n) is 4.59. The van der Waals surface area contributed by atoms with Crippen molar-refractivity contribution in [2.24, 2.45) is 0 Å². The summed E-state index contributed by atoms with van der Waals surface area (Å²) in [5, 5.41) is 2.82. The number of hydrogen-bond acceptors (Lipinski definition) is 5. The van der Waals surface area contributed by atoms with Gasteiger partial charge in [0.2, 0.25) is 5.56 Å². The molecule has 0 saturated heterocycles. The molecule has 0 saturated carbocycles. The topological polar surface area (TPSA) is 77.7 Å². The second-order valence-electron chi connectivity index (χ2n) is 8.69. The highest BCUT2D eigenvalue weighted by molar-refractivity contribution is 6.13. The number of hydrogen-bond donors (Lipinski definition) is 2. The Morgan fingerprint density at radius 3 is 2.28 bits per heavy atom. The fraction of sp³-hybridized carbons (Fsp3) is 0.250. The molecule has 1 aromatic heterocycles. The molecule has 0 unspecified atom stereocenters. The van der Waals surface area contributed by atoms with Crippen LogP contribution in [0.15, 0.2) is 41.2 Å². The summed E-state index contributed by atoms with van der Waals surface area (Å²) in [6.45, 7) is -0.895. The van der Waals surface area contributed by atoms with E-state index in [9.17, 15) is 40.3 Å². The van der Waals surface area contributed by atoms with Gasteiger partial charge in [-0.3, -0.25) is 14.5 Å². The third kappa shape index (κ3) is 4.89. The summed E-state index contributed by atoms with van der Waals surface area (Å²) in [5.74, 6) is -5.26. The van der Waals surface area contributed by atoms with Crippen molar-refractivity contribution in [2.45, 2.75) is 25.5 Å². The highest BCUT2D eigenvalue weighted by Gasteiger charge is 2.41. The number of carbonyl (C=O) groups is 1. The van der Waals surface area contributed by atoms with E-state index in [1.165, 1.54) is 6.07 Å². The van der Waals surface area contributed by atoms with E-state index in [1.54, 1.807) is 0 Å². The Kier molecular flexibility index (Phi) is 6.28. The molecule has 5 rings (SSSR count). The molecule has 0 atom stereocenters. The van der Waals surface area contributed by atoms with Gasteiger partial charge in [0.15, 0.2) is 11.6 Å². The molecule has 2 bridgehead atoms. The number of nitrogens with one attached hydrogen (secondary N) is 2. The van der Waals surface area contributed by atoms with E-state index < -0.39 is 77.0 Å². The third-order valence-electron chi connectivity index (χ3n) is 6.26. The van der Waals surface area contributed by atoms with Gasteiger partial charge in [-0.25, -0.2) is 8.78 Å². The first-order chi connectivity index (χ1) is 18.2. The number of ether oxygens (including phenoxy) is 1. The van der Waals surface area contributed by atoms with Gasteiger partial charge in [0, 0.05) is 36.8 Å². The SMILES string of the molecule is O=C1c2cc(F)c(C(F)(F)F)cc2N2CN1c1ccc(=O)[nH]c1CCNCc1c2ccc(OC(F)(F)F)c1F. The van der Waals surface area contributed by atoms with Crippen LogP contribution in [0.3, 0.4) is 0 Å². The number of fused-ring (bicyclic) bond motifs is 8. The smallest absolute Gasteiger partial charge is 0.403 e. The number of H-pyrrole nitrogens is 1. The van der Waals surface area contributed by atoms with Gasteiger partial charge in [0.1, 0.15) is 12.5 Å². The van der Waals surface area contributed by atoms with E-state index >= 15 is 4.39 Å². The first-order valence-electron chi connectivity index (χ1n) is 11.2. The number of anilines is 3. The standard InChI is InChI=1S/C24H16F8N4O3/c25-14-7-11-18(8-13(14)23(27,28)29)35-10-36(22(11)38)17-2-4-20(37)34-15(17)5-6-33-9-12-16(35)1-3-19(21(12)26)39-24(30,31)32/h1-4,7-8,33H,5-6,9-10H2,(H,34,37). The second kappa shape index (κ2) is 9.25. The monoisotopic (exact) mass is 560 g/mol. The van der Waals surface area contributed by atoms with E-state index in [0.717, 1.165) is 21.9 Å². The number of halogens is 8. The van der Waals surface area contributed by atoms with Gasteiger partial charge in [-0.2, -0.15) is 13.2 Å². The molecule has 2 N–H and O–H groups in total. The highest BCUT2D eigenvalue weighted by atomic mass is 19.4. The van der Waals surface area contributed by atoms with E-state index in [2.05, 4.69) is 15.0 Å². The Morgan fingerprint density at radius 1 is 0.872 bits per heavy atom. The van der Waals surface area contributed by atoms with Crippen molar-refractivity contribution >= 4 is 23.0 Å². The largest absolute Gasteiger partial charge is 0.573 e. The minimum atomic E-state index is -5.23. The number of aromatic amines is 1. The number of alkyl halides is 6. The molecule has 39 heavy (non-hydrogen) atoms. The summed E-state index contributed by atoms with van der Waals surface area (Å²) in [4.78, 5) is 30.1. The number of rotatable bonds is 1. The maximum Gasteiger partial charge on any atom is 0.573 e. The summed E-state index contributed by atoms with van der Waals surface area (Å²) in [6, 6.07) is 4.86. The Bertz CT molecular complexity index is 1530. The Hall–Kier alpha value is -4.14. The van der Waals surface area contributed by atoms with Crippen LogP contribution < -0.4 is 25.4 Å². The number of carbonyl (C=O) groups excluding carboxylic acids is 1. The van der Waals surface area contributed by atoms with Crippen molar-refractivity contribution in [3.63, 3.8) is 0 Å². The first-order valence-corrected chi connectivity index (χ1v) is 11.2. The van der Waals surface area contributed by atoms with Crippen LogP contribution in [0.4, 0.5) is 52.2 Å². The average Bonchev–Trinajstić information content (AvgIpc) is 2.85. The zero-order chi connectivity index (χ0) is 28.3. The minimum absolute atomic E-state index is 0.0536. The Balaban J connectivity index is 1.78. The molecule has 3 aromatic rings. The van der Waals surface area contributed by atoms with Crippen molar-refractivity contribution in [1.82, 2.24) is 10.3 Å². The van der Waals surface area contributed by atoms with Gasteiger partial charge in [0.25, 0.3) is 5.91 Å². The fourth-order valence-corrected chi connectivity index (χ4v) is 4.59. The first kappa shape index (κ1) is 26.5. The van der Waals surface area contributed by atoms with Crippen molar-refractivity contribution in [3.8, 4) is 5.75 Å². The summed E-state index contributed by atoms with van der Waals surface area (Å²) >= 11 is 0. The predicted octanol–water partition coefficient (Wildman–Crippen LogP) is 4.97. The molecule has 206 valence electrons. The summed E-state index contributed by atoms with van der Waals surface area (Å²) < 4.78 is 113. The molecule has 3 heterocycles. The summed E-state index contributed by atoms with van der Waals surface area (Å²) in [7, 11) is 0. The lowest BCUT2D eigenvalue weighted by Gasteiger charge is -2.39. The van der Waals surface area contributed by atoms with Crippen LogP contribution in [-0.2, 0) is 19.1 Å². The number of nitrogens with zero attached hydrogens (tertiary/aromatic N) is 2. The van der Waals surface area contributed by atoms with Gasteiger partial charge in [-0.05, 0) is 30.3 Å². The summed E-state index contributed by atoms with van der Waals surface area (Å²) in [5.41, 5.74) is -3.38. The van der Waals surface area contributed by atoms with E-state index in [1.807, 2.05) is 0 Å². The molecule has 2 aromatic carbocycles. The lowest BCUT2D eigenvalue weighted by Crippen LogP contribution is -2.46. The summed E-state index contributed by atoms with van der Waals surface area (Å²) in [6.07, 6.45) is -10.3. The van der Waals surface area contributed by atoms with Gasteiger partial charge in [0.05, 0.1) is 28.2 Å². The van der Waals surface area contributed by atoms with Crippen LogP contribution in [0, 0.1) is 11.6 Å². The molecule has 2 aliphatic rings. The van der Waals surface area contributed by atoms with Crippen molar-refractivity contribution < 1.29 is 44.7 Å². The molecular weight excluding hydrogens is 544 g/mol. The number of pyridine rings is 1. The van der Waals surface area contributed by atoms with Crippen molar-refractivity contribution in [1.29, 1.82) is 0 Å². The minimum Gasteiger partial charge on any atom is -0.403 e. The van der Waals surface area contributed by atoms with Gasteiger partial charge in [-0.1, -0.05) is 0 Å². The van der Waals surface area contributed by atoms with Crippen molar-refractivity contribution in [3.05, 3.63) is 80.8 Å². The van der Waals surface area contributed by atoms with Crippen molar-refractivity contribution in [2.75, 3.05) is 23.0 Å². The lowest BCUT2D eigenvalue weighted by atomic mass is 10.0. The normalized spacial score (nSPS) is 15.7. The van der Waals surface area contributed by atoms with Crippen LogP contribution in [0.2, 0.25) is 0 Å². The second-order valence-corrected chi connectivity index (χ2v) is 8.69. The van der Waals surface area contributed by atoms with E-state index in [0.29, 0.717) is 18.2 Å².